The molecule has 136 valence electrons. The summed E-state index contributed by atoms with van der Waals surface area (Å²) in [5.74, 6) is 0.932. The number of pyridine rings is 1. The average Bonchev–Trinajstić information content (AvgIpc) is 3.05. The smallest absolute Gasteiger partial charge is 0.264 e. The van der Waals surface area contributed by atoms with Gasteiger partial charge in [0.05, 0.1) is 12.6 Å². The molecule has 0 aliphatic carbocycles. The van der Waals surface area contributed by atoms with Crippen LogP contribution in [0.25, 0.3) is 38.9 Å². The first-order chi connectivity index (χ1) is 14.9. The molecule has 5 aromatic rings. The van der Waals surface area contributed by atoms with Crippen LogP contribution < -0.4 is 4.57 Å². The maximum atomic E-state index is 8.26. The van der Waals surface area contributed by atoms with Crippen molar-refractivity contribution in [2.75, 3.05) is 0 Å². The van der Waals surface area contributed by atoms with Crippen molar-refractivity contribution in [2.24, 2.45) is 7.05 Å². The Hall–Kier alpha value is -3.46. The largest absolute Gasteiger partial charge is 0.295 e. The summed E-state index contributed by atoms with van der Waals surface area (Å²) in [6, 6.07) is 21.8. The van der Waals surface area contributed by atoms with Gasteiger partial charge < -0.3 is 0 Å². The lowest BCUT2D eigenvalue weighted by atomic mass is 10.0. The van der Waals surface area contributed by atoms with E-state index in [2.05, 4.69) is 39.2 Å². The number of para-hydroxylation sites is 2. The summed E-state index contributed by atoms with van der Waals surface area (Å²) in [5, 5.41) is 1.77. The van der Waals surface area contributed by atoms with Crippen molar-refractivity contribution in [3.05, 3.63) is 90.3 Å². The molecule has 0 atom stereocenters. The van der Waals surface area contributed by atoms with Crippen molar-refractivity contribution in [1.29, 1.82) is 0 Å². The van der Waals surface area contributed by atoms with Gasteiger partial charge in [0.1, 0.15) is 5.69 Å². The lowest BCUT2D eigenvalue weighted by Gasteiger charge is -2.11. The molecule has 0 aliphatic rings. The Morgan fingerprint density at radius 2 is 1.75 bits per heavy atom. The quantitative estimate of drug-likeness (QED) is 0.389. The lowest BCUT2D eigenvalue weighted by molar-refractivity contribution is -0.633. The van der Waals surface area contributed by atoms with Crippen molar-refractivity contribution in [3.63, 3.8) is 0 Å². The van der Waals surface area contributed by atoms with Gasteiger partial charge in [-0.1, -0.05) is 42.5 Å². The Morgan fingerprint density at radius 1 is 0.929 bits per heavy atom. The summed E-state index contributed by atoms with van der Waals surface area (Å²) in [6.45, 7) is -0.195. The highest BCUT2D eigenvalue weighted by Gasteiger charge is 2.28. The molecule has 3 aromatic carbocycles. The molecule has 0 N–H and O–H groups in total. The van der Waals surface area contributed by atoms with Crippen molar-refractivity contribution in [1.82, 2.24) is 9.55 Å². The second-order valence-corrected chi connectivity index (χ2v) is 7.08. The molecule has 0 unspecified atom stereocenters. The third-order valence-electron chi connectivity index (χ3n) is 5.42. The molecule has 0 bridgehead atoms. The highest BCUT2D eigenvalue weighted by atomic mass is 15.2. The fraction of sp³-hybridized carbons (Fsp3) is 0.120. The fourth-order valence-corrected chi connectivity index (χ4v) is 4.05. The number of fused-ring (bicyclic) bond motifs is 2. The first-order valence-corrected chi connectivity index (χ1v) is 9.31. The van der Waals surface area contributed by atoms with Crippen molar-refractivity contribution in [3.8, 4) is 17.1 Å². The third kappa shape index (κ3) is 2.36. The molecule has 0 saturated carbocycles. The summed E-state index contributed by atoms with van der Waals surface area (Å²) < 4.78 is 29.0. The Bertz CT molecular complexity index is 1450. The average molecular weight is 367 g/mol. The van der Waals surface area contributed by atoms with E-state index in [1.807, 2.05) is 49.5 Å². The molecule has 3 heteroatoms. The molecule has 0 saturated heterocycles. The van der Waals surface area contributed by atoms with E-state index in [-0.39, 0.29) is 0 Å². The molecule has 28 heavy (non-hydrogen) atoms. The molecule has 5 rings (SSSR count). The Labute approximate surface area is 168 Å². The van der Waals surface area contributed by atoms with Crippen LogP contribution in [0.1, 0.15) is 15.2 Å². The zero-order valence-electron chi connectivity index (χ0n) is 18.8. The van der Waals surface area contributed by atoms with Crippen molar-refractivity contribution < 1.29 is 8.68 Å². The Morgan fingerprint density at radius 3 is 2.61 bits per heavy atom. The Balaban J connectivity index is 2.04. The number of imidazole rings is 1. The molecular weight excluding hydrogens is 342 g/mol. The highest BCUT2D eigenvalue weighted by Crippen LogP contribution is 2.33. The number of hydrogen-bond acceptors (Lipinski definition) is 1. The fourth-order valence-electron chi connectivity index (χ4n) is 4.05. The molecule has 0 fully saturated rings. The zero-order chi connectivity index (χ0) is 21.8. The predicted octanol–water partition coefficient (Wildman–Crippen LogP) is 5.29. The van der Waals surface area contributed by atoms with Crippen molar-refractivity contribution in [2.45, 2.75) is 13.8 Å². The lowest BCUT2D eigenvalue weighted by Crippen LogP contribution is -2.30. The summed E-state index contributed by atoms with van der Waals surface area (Å²) >= 11 is 0. The topological polar surface area (TPSA) is 21.7 Å². The van der Waals surface area contributed by atoms with Gasteiger partial charge in [0, 0.05) is 21.9 Å². The number of hydrogen-bond donors (Lipinski definition) is 0. The number of aryl methyl sites for hydroxylation is 3. The van der Waals surface area contributed by atoms with Gasteiger partial charge in [-0.3, -0.25) is 4.98 Å². The molecular formula is C25H22N3+. The summed E-state index contributed by atoms with van der Waals surface area (Å²) in [5.41, 5.74) is 5.11. The van der Waals surface area contributed by atoms with Crippen LogP contribution in [0.3, 0.4) is 0 Å². The maximum Gasteiger partial charge on any atom is 0.295 e. The second-order valence-electron chi connectivity index (χ2n) is 7.08. The van der Waals surface area contributed by atoms with Gasteiger partial charge in [0.2, 0.25) is 0 Å². The van der Waals surface area contributed by atoms with Crippen LogP contribution in [-0.4, -0.2) is 9.55 Å². The van der Waals surface area contributed by atoms with E-state index >= 15 is 0 Å². The minimum Gasteiger partial charge on any atom is -0.264 e. The number of nitrogens with zero attached hydrogens (tertiary/aromatic N) is 3. The van der Waals surface area contributed by atoms with Gasteiger partial charge in [-0.2, -0.15) is 4.57 Å². The molecule has 2 aromatic heterocycles. The minimum absolute atomic E-state index is 0.309. The van der Waals surface area contributed by atoms with E-state index in [9.17, 15) is 0 Å². The summed E-state index contributed by atoms with van der Waals surface area (Å²) in [4.78, 5) is 4.33. The van der Waals surface area contributed by atoms with Gasteiger partial charge in [0.25, 0.3) is 5.82 Å². The van der Waals surface area contributed by atoms with Crippen LogP contribution in [0.15, 0.2) is 79.1 Å². The second kappa shape index (κ2) is 6.31. The Kier molecular flexibility index (Phi) is 3.08. The van der Waals surface area contributed by atoms with Crippen LogP contribution in [0.5, 0.6) is 0 Å². The van der Waals surface area contributed by atoms with Gasteiger partial charge in [-0.15, -0.1) is 0 Å². The summed E-state index contributed by atoms with van der Waals surface area (Å²) in [7, 11) is 2.03. The third-order valence-corrected chi connectivity index (χ3v) is 5.42. The molecule has 0 aliphatic heterocycles. The molecule has 2 heterocycles. The van der Waals surface area contributed by atoms with Crippen LogP contribution >= 0.6 is 0 Å². The van der Waals surface area contributed by atoms with E-state index < -0.39 is 6.85 Å². The van der Waals surface area contributed by atoms with Gasteiger partial charge in [0.15, 0.2) is 11.0 Å². The first kappa shape index (κ1) is 13.7. The van der Waals surface area contributed by atoms with E-state index in [0.717, 1.165) is 38.8 Å². The number of rotatable bonds is 2. The summed E-state index contributed by atoms with van der Waals surface area (Å²) in [6.07, 6.45) is 3.49. The molecule has 0 radical (unpaired) electrons. The van der Waals surface area contributed by atoms with E-state index in [1.165, 1.54) is 0 Å². The zero-order valence-corrected chi connectivity index (χ0v) is 15.8. The van der Waals surface area contributed by atoms with Gasteiger partial charge in [-0.25, -0.2) is 4.57 Å². The number of benzene rings is 3. The van der Waals surface area contributed by atoms with Crippen LogP contribution in [0, 0.1) is 13.8 Å². The first-order valence-electron chi connectivity index (χ1n) is 10.8. The maximum absolute atomic E-state index is 8.26. The normalized spacial score (nSPS) is 13.4. The molecule has 0 amide bonds. The van der Waals surface area contributed by atoms with Gasteiger partial charge >= 0.3 is 0 Å². The van der Waals surface area contributed by atoms with Crippen LogP contribution in [-0.2, 0) is 7.05 Å². The van der Waals surface area contributed by atoms with E-state index in [1.54, 1.807) is 18.5 Å². The molecule has 0 spiro atoms. The van der Waals surface area contributed by atoms with Crippen LogP contribution in [0.4, 0.5) is 0 Å². The predicted molar refractivity (Wildman–Crippen MR) is 115 cm³/mol. The molecule has 3 nitrogen and oxygen atoms in total. The van der Waals surface area contributed by atoms with Gasteiger partial charge in [-0.05, 0) is 54.6 Å². The van der Waals surface area contributed by atoms with Crippen molar-refractivity contribution >= 4 is 21.8 Å². The minimum atomic E-state index is -2.27. The number of aromatic nitrogens is 3. The standard InChI is InChI=1S/C25H22N3/c1-17-8-4-5-9-20(17)25-27(3)22-10-6-7-11-23(22)28(25)24-18(2)12-13-19-14-15-26-16-21(19)24/h4-16H,1-3H3/q+1/i2D3. The SMILES string of the molecule is [2H]C([2H])([2H])c1ccc2ccncc2c1-n1c(-c2ccccc2C)[n+](C)c2ccccc21. The van der Waals surface area contributed by atoms with Crippen LogP contribution in [0.2, 0.25) is 0 Å². The monoisotopic (exact) mass is 367 g/mol. The van der Waals surface area contributed by atoms with E-state index in [0.29, 0.717) is 11.3 Å². The van der Waals surface area contributed by atoms with E-state index in [4.69, 9.17) is 4.11 Å². The highest BCUT2D eigenvalue weighted by molar-refractivity contribution is 5.94.